The number of carboxylic acids is 1. The number of carbonyl (C=O) groups excluding carboxylic acids is 1. The fourth-order valence-corrected chi connectivity index (χ4v) is 3.80. The van der Waals surface area contributed by atoms with Crippen molar-refractivity contribution in [3.63, 3.8) is 0 Å². The number of rotatable bonds is 5. The van der Waals surface area contributed by atoms with Gasteiger partial charge >= 0.3 is 5.97 Å². The highest BCUT2D eigenvalue weighted by Gasteiger charge is 2.42. The number of aromatic nitrogens is 1. The molecule has 8 heteroatoms. The van der Waals surface area contributed by atoms with E-state index in [0.717, 1.165) is 5.56 Å². The maximum absolute atomic E-state index is 12.7. The minimum absolute atomic E-state index is 0.156. The van der Waals surface area contributed by atoms with E-state index in [-0.39, 0.29) is 18.4 Å². The van der Waals surface area contributed by atoms with Gasteiger partial charge in [0.05, 0.1) is 13.0 Å². The van der Waals surface area contributed by atoms with Gasteiger partial charge in [0.1, 0.15) is 11.4 Å². The molecule has 1 aromatic carbocycles. The summed E-state index contributed by atoms with van der Waals surface area (Å²) >= 11 is 1.34. The van der Waals surface area contributed by atoms with Gasteiger partial charge in [0.25, 0.3) is 5.91 Å². The van der Waals surface area contributed by atoms with Crippen LogP contribution in [0, 0.1) is 5.92 Å². The second-order valence-electron chi connectivity index (χ2n) is 5.79. The van der Waals surface area contributed by atoms with Crippen LogP contribution in [0.2, 0.25) is 0 Å². The second kappa shape index (κ2) is 7.10. The average molecular weight is 361 g/mol. The van der Waals surface area contributed by atoms with Gasteiger partial charge in [-0.15, -0.1) is 11.3 Å². The Morgan fingerprint density at radius 3 is 2.76 bits per heavy atom. The minimum atomic E-state index is -0.916. The Balaban J connectivity index is 1.87. The lowest BCUT2D eigenvalue weighted by Crippen LogP contribution is -2.30. The van der Waals surface area contributed by atoms with E-state index in [1.54, 1.807) is 30.5 Å². The van der Waals surface area contributed by atoms with Crippen molar-refractivity contribution >= 4 is 28.3 Å². The van der Waals surface area contributed by atoms with Crippen LogP contribution in [0.25, 0.3) is 0 Å². The van der Waals surface area contributed by atoms with Gasteiger partial charge in [-0.05, 0) is 11.6 Å². The first-order chi connectivity index (χ1) is 12.0. The largest absolute Gasteiger partial charge is 0.496 e. The molecular weight excluding hydrogens is 342 g/mol. The molecule has 3 rings (SSSR count). The molecule has 1 fully saturated rings. The number of aliphatic carboxylic acids is 1. The molecule has 132 valence electrons. The number of carbonyl (C=O) groups is 2. The molecule has 1 amide bonds. The Hall–Kier alpha value is -2.61. The summed E-state index contributed by atoms with van der Waals surface area (Å²) in [5, 5.41) is 14.8. The Bertz CT molecular complexity index is 792. The van der Waals surface area contributed by atoms with Crippen LogP contribution >= 0.6 is 11.3 Å². The number of amides is 1. The van der Waals surface area contributed by atoms with E-state index in [1.807, 2.05) is 18.2 Å². The molecule has 2 N–H and O–H groups in total. The van der Waals surface area contributed by atoms with Gasteiger partial charge in [-0.3, -0.25) is 9.59 Å². The smallest absolute Gasteiger partial charge is 0.308 e. The highest BCUT2D eigenvalue weighted by molar-refractivity contribution is 7.13. The third-order valence-electron chi connectivity index (χ3n) is 4.40. The first-order valence-corrected chi connectivity index (χ1v) is 8.71. The standard InChI is InChI=1S/C17H19N3O4S/c1-18-17-19-13(9-25-17)15(21)20-7-11(12(8-20)16(22)23)10-5-3-4-6-14(10)24-2/h3-6,9,11-12H,7-8H2,1-2H3,(H,18,19)(H,22,23)/t11-,12+/m0/s1. The molecule has 7 nitrogen and oxygen atoms in total. The van der Waals surface area contributed by atoms with Crippen LogP contribution < -0.4 is 10.1 Å². The van der Waals surface area contributed by atoms with Crippen LogP contribution in [0.5, 0.6) is 5.75 Å². The van der Waals surface area contributed by atoms with Crippen molar-refractivity contribution in [2.75, 3.05) is 32.6 Å². The molecule has 2 aromatic rings. The fourth-order valence-electron chi connectivity index (χ4n) is 3.16. The van der Waals surface area contributed by atoms with Crippen LogP contribution in [0.15, 0.2) is 29.6 Å². The monoisotopic (exact) mass is 361 g/mol. The lowest BCUT2D eigenvalue weighted by molar-refractivity contribution is -0.141. The molecule has 0 radical (unpaired) electrons. The summed E-state index contributed by atoms with van der Waals surface area (Å²) in [7, 11) is 3.29. The summed E-state index contributed by atoms with van der Waals surface area (Å²) in [5.74, 6) is -1.52. The van der Waals surface area contributed by atoms with Crippen molar-refractivity contribution in [1.82, 2.24) is 9.88 Å². The van der Waals surface area contributed by atoms with Gasteiger partial charge in [0.15, 0.2) is 5.13 Å². The number of benzene rings is 1. The Kier molecular flexibility index (Phi) is 4.89. The summed E-state index contributed by atoms with van der Waals surface area (Å²) in [6.45, 7) is 0.478. The van der Waals surface area contributed by atoms with Gasteiger partial charge < -0.3 is 20.1 Å². The number of nitrogens with one attached hydrogen (secondary N) is 1. The SMILES string of the molecule is CNc1nc(C(=O)N2C[C@@H](C(=O)O)[C@H](c3ccccc3OC)C2)cs1. The molecule has 0 bridgehead atoms. The number of methoxy groups -OCH3 is 1. The predicted octanol–water partition coefficient (Wildman–Crippen LogP) is 2.13. The zero-order valence-electron chi connectivity index (χ0n) is 13.9. The number of thiazole rings is 1. The van der Waals surface area contributed by atoms with Crippen molar-refractivity contribution < 1.29 is 19.4 Å². The molecule has 1 aliphatic rings. The lowest BCUT2D eigenvalue weighted by atomic mass is 9.88. The maximum Gasteiger partial charge on any atom is 0.308 e. The third kappa shape index (κ3) is 3.30. The van der Waals surface area contributed by atoms with E-state index < -0.39 is 11.9 Å². The number of nitrogens with zero attached hydrogens (tertiary/aromatic N) is 2. The quantitative estimate of drug-likeness (QED) is 0.848. The summed E-state index contributed by atoms with van der Waals surface area (Å²) in [4.78, 5) is 30.2. The predicted molar refractivity (Wildman–Crippen MR) is 94.4 cm³/mol. The van der Waals surface area contributed by atoms with Gasteiger partial charge in [-0.2, -0.15) is 0 Å². The number of hydrogen-bond donors (Lipinski definition) is 2. The number of hydrogen-bond acceptors (Lipinski definition) is 6. The first kappa shape index (κ1) is 17.2. The zero-order valence-corrected chi connectivity index (χ0v) is 14.7. The number of para-hydroxylation sites is 1. The van der Waals surface area contributed by atoms with Gasteiger partial charge in [0, 0.05) is 31.4 Å². The molecule has 1 saturated heterocycles. The van der Waals surface area contributed by atoms with Gasteiger partial charge in [-0.25, -0.2) is 4.98 Å². The molecule has 0 spiro atoms. The Morgan fingerprint density at radius 1 is 1.36 bits per heavy atom. The first-order valence-electron chi connectivity index (χ1n) is 7.83. The second-order valence-corrected chi connectivity index (χ2v) is 6.65. The zero-order chi connectivity index (χ0) is 18.0. The van der Waals surface area contributed by atoms with E-state index in [0.29, 0.717) is 23.1 Å². The van der Waals surface area contributed by atoms with E-state index in [1.165, 1.54) is 11.3 Å². The molecule has 1 aliphatic heterocycles. The number of carboxylic acid groups (broad SMARTS) is 1. The van der Waals surface area contributed by atoms with Gasteiger partial charge in [0.2, 0.25) is 0 Å². The van der Waals surface area contributed by atoms with Crippen LogP contribution in [0.1, 0.15) is 22.0 Å². The molecule has 1 aromatic heterocycles. The minimum Gasteiger partial charge on any atom is -0.496 e. The summed E-state index contributed by atoms with van der Waals surface area (Å²) in [5.41, 5.74) is 1.14. The van der Waals surface area contributed by atoms with Crippen LogP contribution in [0.4, 0.5) is 5.13 Å². The summed E-state index contributed by atoms with van der Waals surface area (Å²) in [6, 6.07) is 7.35. The van der Waals surface area contributed by atoms with Crippen LogP contribution in [-0.4, -0.2) is 54.1 Å². The van der Waals surface area contributed by atoms with Crippen molar-refractivity contribution in [3.05, 3.63) is 40.9 Å². The Morgan fingerprint density at radius 2 is 2.12 bits per heavy atom. The van der Waals surface area contributed by atoms with Crippen molar-refractivity contribution in [2.24, 2.45) is 5.92 Å². The average Bonchev–Trinajstić information content (AvgIpc) is 3.28. The number of likely N-dealkylation sites (tertiary alicyclic amines) is 1. The highest BCUT2D eigenvalue weighted by atomic mass is 32.1. The van der Waals surface area contributed by atoms with E-state index in [4.69, 9.17) is 4.74 Å². The van der Waals surface area contributed by atoms with E-state index in [9.17, 15) is 14.7 Å². The fraction of sp³-hybridized carbons (Fsp3) is 0.353. The maximum atomic E-state index is 12.7. The molecule has 0 saturated carbocycles. The van der Waals surface area contributed by atoms with Gasteiger partial charge in [-0.1, -0.05) is 18.2 Å². The van der Waals surface area contributed by atoms with Crippen LogP contribution in [0.3, 0.4) is 0 Å². The van der Waals surface area contributed by atoms with Crippen molar-refractivity contribution in [1.29, 1.82) is 0 Å². The summed E-state index contributed by atoms with van der Waals surface area (Å²) in [6.07, 6.45) is 0. The lowest BCUT2D eigenvalue weighted by Gasteiger charge is -2.18. The number of ether oxygens (including phenoxy) is 1. The van der Waals surface area contributed by atoms with E-state index in [2.05, 4.69) is 10.3 Å². The molecular formula is C17H19N3O4S. The summed E-state index contributed by atoms with van der Waals surface area (Å²) < 4.78 is 5.37. The molecule has 2 atom stereocenters. The number of anilines is 1. The molecule has 25 heavy (non-hydrogen) atoms. The van der Waals surface area contributed by atoms with E-state index >= 15 is 0 Å². The molecule has 0 aliphatic carbocycles. The third-order valence-corrected chi connectivity index (χ3v) is 5.26. The van der Waals surface area contributed by atoms with Crippen molar-refractivity contribution in [2.45, 2.75) is 5.92 Å². The topological polar surface area (TPSA) is 91.8 Å². The molecule has 2 heterocycles. The van der Waals surface area contributed by atoms with Crippen molar-refractivity contribution in [3.8, 4) is 5.75 Å². The van der Waals surface area contributed by atoms with Crippen LogP contribution in [-0.2, 0) is 4.79 Å². The normalized spacial score (nSPS) is 19.7. The highest BCUT2D eigenvalue weighted by Crippen LogP contribution is 2.38. The molecule has 0 unspecified atom stereocenters. The Labute approximate surface area is 149 Å².